The van der Waals surface area contributed by atoms with Crippen LogP contribution in [0.1, 0.15) is 30.1 Å². The summed E-state index contributed by atoms with van der Waals surface area (Å²) in [6.07, 6.45) is -3.24. The van der Waals surface area contributed by atoms with Gasteiger partial charge in [0.2, 0.25) is 0 Å². The first-order valence-corrected chi connectivity index (χ1v) is 6.41. The molecular formula is C13H14ClF3O. The minimum atomic E-state index is -4.35. The Balaban J connectivity index is 2.37. The fourth-order valence-corrected chi connectivity index (χ4v) is 2.66. The van der Waals surface area contributed by atoms with Crippen molar-refractivity contribution in [2.75, 3.05) is 12.5 Å². The molecule has 0 spiro atoms. The Morgan fingerprint density at radius 3 is 2.67 bits per heavy atom. The van der Waals surface area contributed by atoms with Crippen molar-refractivity contribution >= 4 is 11.6 Å². The molecule has 0 radical (unpaired) electrons. The zero-order valence-corrected chi connectivity index (χ0v) is 10.5. The van der Waals surface area contributed by atoms with E-state index in [-0.39, 0.29) is 11.5 Å². The maximum Gasteiger partial charge on any atom is 0.416 e. The van der Waals surface area contributed by atoms with Gasteiger partial charge in [-0.3, -0.25) is 0 Å². The maximum atomic E-state index is 12.9. The van der Waals surface area contributed by atoms with Crippen molar-refractivity contribution in [3.63, 3.8) is 0 Å². The molecule has 18 heavy (non-hydrogen) atoms. The van der Waals surface area contributed by atoms with Crippen LogP contribution in [0.15, 0.2) is 24.3 Å². The van der Waals surface area contributed by atoms with Gasteiger partial charge >= 0.3 is 6.18 Å². The number of benzene rings is 1. The summed E-state index contributed by atoms with van der Waals surface area (Å²) in [6.45, 7) is 0.490. The Kier molecular flexibility index (Phi) is 4.17. The van der Waals surface area contributed by atoms with Crippen molar-refractivity contribution in [2.24, 2.45) is 5.92 Å². The van der Waals surface area contributed by atoms with Crippen molar-refractivity contribution < 1.29 is 17.9 Å². The molecule has 1 fully saturated rings. The highest BCUT2D eigenvalue weighted by Crippen LogP contribution is 2.41. The van der Waals surface area contributed by atoms with E-state index in [0.29, 0.717) is 12.5 Å². The Hall–Kier alpha value is -0.740. The van der Waals surface area contributed by atoms with Gasteiger partial charge in [0.15, 0.2) is 0 Å². The van der Waals surface area contributed by atoms with Crippen molar-refractivity contribution in [1.29, 1.82) is 0 Å². The van der Waals surface area contributed by atoms with Crippen LogP contribution in [0.3, 0.4) is 0 Å². The molecule has 0 bridgehead atoms. The average molecular weight is 279 g/mol. The summed E-state index contributed by atoms with van der Waals surface area (Å²) in [4.78, 5) is 0. The second-order valence-corrected chi connectivity index (χ2v) is 4.74. The predicted molar refractivity (Wildman–Crippen MR) is 63.6 cm³/mol. The number of alkyl halides is 4. The number of halogens is 4. The maximum absolute atomic E-state index is 12.9. The highest BCUT2D eigenvalue weighted by Gasteiger charge is 2.37. The Morgan fingerprint density at radius 1 is 1.28 bits per heavy atom. The third-order valence-corrected chi connectivity index (χ3v) is 3.61. The van der Waals surface area contributed by atoms with Gasteiger partial charge in [-0.1, -0.05) is 18.2 Å². The largest absolute Gasteiger partial charge is 0.416 e. The fraction of sp³-hybridized carbons (Fsp3) is 0.538. The second kappa shape index (κ2) is 5.49. The Morgan fingerprint density at radius 2 is 2.00 bits per heavy atom. The van der Waals surface area contributed by atoms with Crippen molar-refractivity contribution in [2.45, 2.75) is 25.1 Å². The molecule has 1 nitrogen and oxygen atoms in total. The van der Waals surface area contributed by atoms with Crippen LogP contribution in [0.4, 0.5) is 13.2 Å². The quantitative estimate of drug-likeness (QED) is 0.728. The van der Waals surface area contributed by atoms with E-state index in [1.54, 1.807) is 6.07 Å². The summed E-state index contributed by atoms with van der Waals surface area (Å²) in [5, 5.41) is 0. The molecule has 2 rings (SSSR count). The van der Waals surface area contributed by atoms with Crippen molar-refractivity contribution in [1.82, 2.24) is 0 Å². The first-order chi connectivity index (χ1) is 8.54. The monoisotopic (exact) mass is 278 g/mol. The lowest BCUT2D eigenvalue weighted by atomic mass is 9.88. The lowest BCUT2D eigenvalue weighted by Crippen LogP contribution is -2.26. The molecule has 2 unspecified atom stereocenters. The third kappa shape index (κ3) is 2.81. The van der Waals surface area contributed by atoms with Gasteiger partial charge in [-0.15, -0.1) is 11.6 Å². The molecule has 1 aliphatic heterocycles. The normalized spacial score (nSPS) is 25.1. The van der Waals surface area contributed by atoms with Crippen LogP contribution in [0.5, 0.6) is 0 Å². The van der Waals surface area contributed by atoms with E-state index in [2.05, 4.69) is 0 Å². The van der Waals surface area contributed by atoms with Gasteiger partial charge in [0.25, 0.3) is 0 Å². The van der Waals surface area contributed by atoms with Gasteiger partial charge in [0, 0.05) is 18.4 Å². The fourth-order valence-electron chi connectivity index (χ4n) is 2.35. The van der Waals surface area contributed by atoms with E-state index in [0.717, 1.165) is 18.9 Å². The van der Waals surface area contributed by atoms with Gasteiger partial charge in [-0.25, -0.2) is 0 Å². The standard InChI is InChI=1S/C13H14ClF3O/c14-8-9-4-3-7-18-12(9)10-5-1-2-6-11(10)13(15,16)17/h1-2,5-6,9,12H,3-4,7-8H2. The molecule has 1 aromatic carbocycles. The van der Waals surface area contributed by atoms with E-state index in [4.69, 9.17) is 16.3 Å². The summed E-state index contributed by atoms with van der Waals surface area (Å²) in [5.74, 6) is 0.264. The van der Waals surface area contributed by atoms with Crippen LogP contribution in [-0.2, 0) is 10.9 Å². The SMILES string of the molecule is FC(F)(F)c1ccccc1C1OCCCC1CCl. The molecule has 100 valence electrons. The van der Waals surface area contributed by atoms with E-state index >= 15 is 0 Å². The highest BCUT2D eigenvalue weighted by atomic mass is 35.5. The number of hydrogen-bond acceptors (Lipinski definition) is 1. The number of rotatable bonds is 2. The molecule has 0 amide bonds. The second-order valence-electron chi connectivity index (χ2n) is 4.43. The van der Waals surface area contributed by atoms with Crippen LogP contribution in [0.2, 0.25) is 0 Å². The number of ether oxygens (including phenoxy) is 1. The topological polar surface area (TPSA) is 9.23 Å². The summed E-state index contributed by atoms with van der Waals surface area (Å²) in [7, 11) is 0. The lowest BCUT2D eigenvalue weighted by molar-refractivity contribution is -0.140. The molecule has 0 aliphatic carbocycles. The van der Waals surface area contributed by atoms with Gasteiger partial charge < -0.3 is 4.74 Å². The summed E-state index contributed by atoms with van der Waals surface area (Å²) in [6, 6.07) is 5.58. The van der Waals surface area contributed by atoms with Crippen LogP contribution in [0.25, 0.3) is 0 Å². The Labute approximate surface area is 109 Å². The van der Waals surface area contributed by atoms with Gasteiger partial charge in [-0.2, -0.15) is 13.2 Å². The Bertz CT molecular complexity index is 405. The van der Waals surface area contributed by atoms with E-state index in [9.17, 15) is 13.2 Å². The van der Waals surface area contributed by atoms with E-state index < -0.39 is 17.8 Å². The number of hydrogen-bond donors (Lipinski definition) is 0. The third-order valence-electron chi connectivity index (χ3n) is 3.22. The van der Waals surface area contributed by atoms with Crippen molar-refractivity contribution in [3.05, 3.63) is 35.4 Å². The first kappa shape index (κ1) is 13.7. The first-order valence-electron chi connectivity index (χ1n) is 5.87. The molecule has 5 heteroatoms. The molecule has 1 aromatic rings. The summed E-state index contributed by atoms with van der Waals surface area (Å²) >= 11 is 5.83. The van der Waals surface area contributed by atoms with Crippen molar-refractivity contribution in [3.8, 4) is 0 Å². The molecule has 1 saturated heterocycles. The van der Waals surface area contributed by atoms with E-state index in [1.807, 2.05) is 0 Å². The summed E-state index contributed by atoms with van der Waals surface area (Å²) < 4.78 is 44.4. The smallest absolute Gasteiger partial charge is 0.373 e. The van der Waals surface area contributed by atoms with Crippen LogP contribution in [-0.4, -0.2) is 12.5 Å². The minimum Gasteiger partial charge on any atom is -0.373 e. The molecule has 0 aromatic heterocycles. The average Bonchev–Trinajstić information content (AvgIpc) is 2.37. The lowest BCUT2D eigenvalue weighted by Gasteiger charge is -2.32. The molecule has 1 heterocycles. The van der Waals surface area contributed by atoms with Gasteiger partial charge in [-0.05, 0) is 24.5 Å². The highest BCUT2D eigenvalue weighted by molar-refractivity contribution is 6.18. The molecule has 1 aliphatic rings. The van der Waals surface area contributed by atoms with Gasteiger partial charge in [0.1, 0.15) is 0 Å². The molecule has 0 saturated carbocycles. The van der Waals surface area contributed by atoms with Crippen LogP contribution < -0.4 is 0 Å². The molecule has 0 N–H and O–H groups in total. The van der Waals surface area contributed by atoms with Crippen LogP contribution in [0, 0.1) is 5.92 Å². The van der Waals surface area contributed by atoms with Gasteiger partial charge in [0.05, 0.1) is 11.7 Å². The zero-order valence-electron chi connectivity index (χ0n) is 9.71. The predicted octanol–water partition coefficient (Wildman–Crippen LogP) is 4.41. The summed E-state index contributed by atoms with van der Waals surface area (Å²) in [5.41, 5.74) is -0.414. The van der Waals surface area contributed by atoms with E-state index in [1.165, 1.54) is 12.1 Å². The zero-order chi connectivity index (χ0) is 13.2. The van der Waals surface area contributed by atoms with Crippen LogP contribution >= 0.6 is 11.6 Å². The molecule has 2 atom stereocenters. The minimum absolute atomic E-state index is 0.0519. The molecular weight excluding hydrogens is 265 g/mol.